The van der Waals surface area contributed by atoms with E-state index in [-0.39, 0.29) is 24.0 Å². The second-order valence-corrected chi connectivity index (χ2v) is 8.20. The summed E-state index contributed by atoms with van der Waals surface area (Å²) in [7, 11) is 0. The number of carbonyl (C=O) groups is 1. The Balaban J connectivity index is 1.82. The highest BCUT2D eigenvalue weighted by atomic mass is 35.5. The topological polar surface area (TPSA) is 75.4 Å². The summed E-state index contributed by atoms with van der Waals surface area (Å²) in [6.45, 7) is 4.63. The van der Waals surface area contributed by atoms with Gasteiger partial charge in [0.1, 0.15) is 11.6 Å². The predicted molar refractivity (Wildman–Crippen MR) is 116 cm³/mol. The summed E-state index contributed by atoms with van der Waals surface area (Å²) in [6, 6.07) is 11.3. The van der Waals surface area contributed by atoms with Crippen LogP contribution in [0, 0.1) is 5.82 Å². The number of benzene rings is 2. The summed E-state index contributed by atoms with van der Waals surface area (Å²) < 4.78 is 15.0. The van der Waals surface area contributed by atoms with E-state index in [2.05, 4.69) is 4.98 Å². The van der Waals surface area contributed by atoms with Crippen LogP contribution in [-0.2, 0) is 13.0 Å². The van der Waals surface area contributed by atoms with E-state index >= 15 is 0 Å². The molecule has 0 saturated carbocycles. The highest BCUT2D eigenvalue weighted by Crippen LogP contribution is 2.30. The van der Waals surface area contributed by atoms with Crippen LogP contribution in [0.3, 0.4) is 0 Å². The van der Waals surface area contributed by atoms with Gasteiger partial charge in [-0.25, -0.2) is 4.39 Å². The van der Waals surface area contributed by atoms with Crippen molar-refractivity contribution in [3.63, 3.8) is 0 Å². The summed E-state index contributed by atoms with van der Waals surface area (Å²) in [5.41, 5.74) is 1.47. The molecular weight excluding hydrogens is 421 g/mol. The van der Waals surface area contributed by atoms with Gasteiger partial charge >= 0.3 is 5.56 Å². The summed E-state index contributed by atoms with van der Waals surface area (Å²) in [5, 5.41) is 10.8. The van der Waals surface area contributed by atoms with E-state index in [1.54, 1.807) is 33.7 Å². The summed E-state index contributed by atoms with van der Waals surface area (Å²) in [6.07, 6.45) is 0.237. The maximum Gasteiger partial charge on any atom is 0.315 e. The average Bonchev–Trinajstić information content (AvgIpc) is 2.73. The summed E-state index contributed by atoms with van der Waals surface area (Å²) in [4.78, 5) is 31.0. The third-order valence-corrected chi connectivity index (χ3v) is 5.70. The van der Waals surface area contributed by atoms with Gasteiger partial charge < -0.3 is 14.6 Å². The maximum atomic E-state index is 13.4. The molecule has 160 valence electrons. The van der Waals surface area contributed by atoms with Gasteiger partial charge in [0, 0.05) is 30.6 Å². The quantitative estimate of drug-likeness (QED) is 0.667. The first-order valence-corrected chi connectivity index (χ1v) is 10.3. The van der Waals surface area contributed by atoms with E-state index in [9.17, 15) is 19.1 Å². The lowest BCUT2D eigenvalue weighted by Gasteiger charge is -2.34. The Bertz CT molecular complexity index is 1220. The number of amides is 1. The van der Waals surface area contributed by atoms with Crippen LogP contribution in [0.5, 0.6) is 5.75 Å². The zero-order chi connectivity index (χ0) is 22.3. The van der Waals surface area contributed by atoms with E-state index in [0.717, 1.165) is 16.7 Å². The lowest BCUT2D eigenvalue weighted by atomic mass is 9.97. The monoisotopic (exact) mass is 441 g/mol. The second-order valence-electron chi connectivity index (χ2n) is 7.76. The van der Waals surface area contributed by atoms with E-state index in [1.165, 1.54) is 12.1 Å². The van der Waals surface area contributed by atoms with Gasteiger partial charge in [0.2, 0.25) is 5.75 Å². The van der Waals surface area contributed by atoms with Gasteiger partial charge in [-0.2, -0.15) is 4.98 Å². The molecule has 1 aliphatic heterocycles. The molecule has 4 rings (SSSR count). The summed E-state index contributed by atoms with van der Waals surface area (Å²) in [5.74, 6) is -0.995. The predicted octanol–water partition coefficient (Wildman–Crippen LogP) is 3.86. The third-order valence-electron chi connectivity index (χ3n) is 5.47. The van der Waals surface area contributed by atoms with Crippen molar-refractivity contribution < 1.29 is 14.3 Å². The number of hydrogen-bond acceptors (Lipinski definition) is 4. The number of hydrogen-bond donors (Lipinski definition) is 1. The zero-order valence-corrected chi connectivity index (χ0v) is 17.9. The van der Waals surface area contributed by atoms with Crippen molar-refractivity contribution in [1.82, 2.24) is 14.5 Å². The molecule has 6 nitrogen and oxygen atoms in total. The maximum absolute atomic E-state index is 13.4. The van der Waals surface area contributed by atoms with Gasteiger partial charge in [-0.15, -0.1) is 0 Å². The minimum Gasteiger partial charge on any atom is -0.501 e. The first-order valence-electron chi connectivity index (χ1n) is 9.94. The lowest BCUT2D eigenvalue weighted by molar-refractivity contribution is 0.0638. The largest absolute Gasteiger partial charge is 0.501 e. The molecule has 2 heterocycles. The van der Waals surface area contributed by atoms with Crippen molar-refractivity contribution in [2.24, 2.45) is 0 Å². The Labute approximate surface area is 183 Å². The molecule has 0 bridgehead atoms. The molecule has 1 N–H and O–H groups in total. The molecule has 0 atom stereocenters. The van der Waals surface area contributed by atoms with Crippen molar-refractivity contribution >= 4 is 17.5 Å². The number of halogens is 2. The molecule has 0 aliphatic carbocycles. The van der Waals surface area contributed by atoms with E-state index in [4.69, 9.17) is 11.6 Å². The van der Waals surface area contributed by atoms with Gasteiger partial charge in [-0.1, -0.05) is 29.8 Å². The number of carbonyl (C=O) groups excluding carboxylic acids is 1. The van der Waals surface area contributed by atoms with E-state index in [1.807, 2.05) is 19.9 Å². The molecule has 1 amide bonds. The molecule has 0 radical (unpaired) electrons. The van der Waals surface area contributed by atoms with Crippen LogP contribution >= 0.6 is 11.6 Å². The Kier molecular flexibility index (Phi) is 5.54. The molecule has 1 aromatic heterocycles. The Hall–Kier alpha value is -3.19. The highest BCUT2D eigenvalue weighted by molar-refractivity contribution is 6.30. The van der Waals surface area contributed by atoms with Crippen LogP contribution in [0.4, 0.5) is 4.39 Å². The van der Waals surface area contributed by atoms with E-state index < -0.39 is 17.2 Å². The Morgan fingerprint density at radius 3 is 2.52 bits per heavy atom. The van der Waals surface area contributed by atoms with Crippen LogP contribution in [-0.4, -0.2) is 38.1 Å². The Morgan fingerprint density at radius 2 is 1.84 bits per heavy atom. The first kappa shape index (κ1) is 21.1. The van der Waals surface area contributed by atoms with E-state index in [0.29, 0.717) is 23.9 Å². The van der Waals surface area contributed by atoms with Gasteiger partial charge in [-0.05, 0) is 54.8 Å². The molecule has 8 heteroatoms. The van der Waals surface area contributed by atoms with Crippen molar-refractivity contribution in [3.05, 3.63) is 80.7 Å². The number of fused-ring (bicyclic) bond motifs is 1. The molecule has 31 heavy (non-hydrogen) atoms. The van der Waals surface area contributed by atoms with Crippen molar-refractivity contribution in [2.75, 3.05) is 6.54 Å². The standard InChI is InChI=1S/C23H21ClFN3O3/c1-13(2)27-9-10-28-19(26-22(30)21(29)20(28)23(27)31)11-15-3-6-16(24)12-18(15)14-4-7-17(25)8-5-14/h3-8,12-13,29H,9-11H2,1-2H3. The van der Waals surface area contributed by atoms with Crippen molar-refractivity contribution in [2.45, 2.75) is 32.9 Å². The first-order chi connectivity index (χ1) is 14.8. The normalized spacial score (nSPS) is 13.6. The van der Waals surface area contributed by atoms with Crippen LogP contribution in [0.1, 0.15) is 35.7 Å². The summed E-state index contributed by atoms with van der Waals surface area (Å²) >= 11 is 6.20. The average molecular weight is 442 g/mol. The molecule has 0 saturated heterocycles. The highest BCUT2D eigenvalue weighted by Gasteiger charge is 2.32. The molecule has 0 fully saturated rings. The van der Waals surface area contributed by atoms with Crippen LogP contribution < -0.4 is 5.56 Å². The number of rotatable bonds is 4. The fraction of sp³-hybridized carbons (Fsp3) is 0.261. The van der Waals surface area contributed by atoms with Gasteiger partial charge in [0.15, 0.2) is 5.69 Å². The van der Waals surface area contributed by atoms with Gasteiger partial charge in [-0.3, -0.25) is 9.59 Å². The van der Waals surface area contributed by atoms with Crippen LogP contribution in [0.2, 0.25) is 5.02 Å². The molecular formula is C23H21ClFN3O3. The second kappa shape index (κ2) is 8.15. The minimum absolute atomic E-state index is 0.0350. The number of aromatic hydroxyl groups is 1. The molecule has 1 aliphatic rings. The molecule has 0 spiro atoms. The SMILES string of the molecule is CC(C)N1CCn2c(Cc3ccc(Cl)cc3-c3ccc(F)cc3)nc(=O)c(O)c2C1=O. The smallest absolute Gasteiger partial charge is 0.315 e. The fourth-order valence-electron chi connectivity index (χ4n) is 3.89. The minimum atomic E-state index is -0.836. The van der Waals surface area contributed by atoms with Gasteiger partial charge in [0.25, 0.3) is 5.91 Å². The van der Waals surface area contributed by atoms with Crippen LogP contribution in [0.15, 0.2) is 47.3 Å². The number of nitrogens with zero attached hydrogens (tertiary/aromatic N) is 3. The van der Waals surface area contributed by atoms with Gasteiger partial charge in [0.05, 0.1) is 0 Å². The lowest BCUT2D eigenvalue weighted by Crippen LogP contribution is -2.46. The van der Waals surface area contributed by atoms with Crippen molar-refractivity contribution in [1.29, 1.82) is 0 Å². The number of aromatic nitrogens is 2. The molecule has 0 unspecified atom stereocenters. The fourth-order valence-corrected chi connectivity index (χ4v) is 4.06. The zero-order valence-electron chi connectivity index (χ0n) is 17.1. The van der Waals surface area contributed by atoms with Crippen molar-refractivity contribution in [3.8, 4) is 16.9 Å². The molecule has 2 aromatic carbocycles. The third kappa shape index (κ3) is 3.93. The van der Waals surface area contributed by atoms with Crippen LogP contribution in [0.25, 0.3) is 11.1 Å². The molecule has 3 aromatic rings. The Morgan fingerprint density at radius 1 is 1.13 bits per heavy atom.